The van der Waals surface area contributed by atoms with E-state index in [-0.39, 0.29) is 19.1 Å². The highest BCUT2D eigenvalue weighted by Gasteiger charge is 2.29. The highest BCUT2D eigenvalue weighted by molar-refractivity contribution is 5.87. The van der Waals surface area contributed by atoms with Gasteiger partial charge in [0.15, 0.2) is 0 Å². The number of fused-ring (bicyclic) bond motifs is 3. The lowest BCUT2D eigenvalue weighted by atomic mass is 9.98. The maximum absolute atomic E-state index is 12.3. The van der Waals surface area contributed by atoms with E-state index in [0.29, 0.717) is 11.3 Å². The fourth-order valence-electron chi connectivity index (χ4n) is 4.11. The number of nitrogens with one attached hydrogen (secondary N) is 2. The number of anilines is 1. The van der Waals surface area contributed by atoms with Gasteiger partial charge in [-0.25, -0.2) is 9.59 Å². The number of nitrogens with two attached hydrogens (primary N) is 1. The molecule has 0 aliphatic heterocycles. The molecule has 33 heavy (non-hydrogen) atoms. The predicted octanol–water partition coefficient (Wildman–Crippen LogP) is 3.11. The van der Waals surface area contributed by atoms with Crippen LogP contribution in [0.5, 0.6) is 0 Å². The van der Waals surface area contributed by atoms with E-state index in [4.69, 9.17) is 10.5 Å². The van der Waals surface area contributed by atoms with Crippen LogP contribution in [-0.4, -0.2) is 41.6 Å². The molecule has 2 unspecified atom stereocenters. The van der Waals surface area contributed by atoms with Gasteiger partial charge in [0.1, 0.15) is 18.8 Å². The van der Waals surface area contributed by atoms with E-state index < -0.39 is 24.3 Å². The molecule has 3 aromatic carbocycles. The van der Waals surface area contributed by atoms with E-state index in [1.165, 1.54) is 6.07 Å². The van der Waals surface area contributed by atoms with Gasteiger partial charge in [-0.1, -0.05) is 60.7 Å². The first-order valence-electron chi connectivity index (χ1n) is 10.6. The largest absolute Gasteiger partial charge is 0.449 e. The van der Waals surface area contributed by atoms with Gasteiger partial charge in [0.25, 0.3) is 0 Å². The summed E-state index contributed by atoms with van der Waals surface area (Å²) in [6, 6.07) is 21.6. The van der Waals surface area contributed by atoms with Gasteiger partial charge in [-0.05, 0) is 39.9 Å². The smallest absolute Gasteiger partial charge is 0.407 e. The first kappa shape index (κ1) is 22.3. The maximum Gasteiger partial charge on any atom is 0.407 e. The Labute approximate surface area is 191 Å². The van der Waals surface area contributed by atoms with Crippen molar-refractivity contribution in [3.8, 4) is 11.1 Å². The van der Waals surface area contributed by atoms with Gasteiger partial charge < -0.3 is 31.3 Å². The summed E-state index contributed by atoms with van der Waals surface area (Å²) in [5, 5.41) is 25.6. The van der Waals surface area contributed by atoms with Gasteiger partial charge in [0.05, 0.1) is 0 Å². The summed E-state index contributed by atoms with van der Waals surface area (Å²) in [4.78, 5) is 23.3. The highest BCUT2D eigenvalue weighted by Crippen LogP contribution is 2.44. The molecule has 3 aromatic rings. The Hall–Kier alpha value is -3.88. The fraction of sp³-hybridized carbons (Fsp3) is 0.200. The Morgan fingerprint density at radius 1 is 0.939 bits per heavy atom. The van der Waals surface area contributed by atoms with Gasteiger partial charge >= 0.3 is 12.1 Å². The first-order chi connectivity index (χ1) is 15.9. The van der Waals surface area contributed by atoms with Crippen molar-refractivity contribution in [3.05, 3.63) is 89.5 Å². The standard InChI is InChI=1S/C25H25N3O5/c26-24(31)28-16-7-5-6-15(12-16)23(30)22(29)13-27-25(32)33-14-21-19-10-3-1-8-17(19)18-9-2-4-11-20(18)21/h1-12,21-23,29-30H,13-14H2,(H,27,32)(H3,26,28,31). The van der Waals surface area contributed by atoms with Gasteiger partial charge in [-0.3, -0.25) is 0 Å². The van der Waals surface area contributed by atoms with Crippen LogP contribution in [0.25, 0.3) is 11.1 Å². The molecule has 0 spiro atoms. The topological polar surface area (TPSA) is 134 Å². The Balaban J connectivity index is 1.32. The van der Waals surface area contributed by atoms with E-state index in [1.807, 2.05) is 36.4 Å². The lowest BCUT2D eigenvalue weighted by Gasteiger charge is -2.20. The molecule has 0 saturated carbocycles. The second-order valence-electron chi connectivity index (χ2n) is 7.83. The molecule has 170 valence electrons. The lowest BCUT2D eigenvalue weighted by molar-refractivity contribution is 0.0186. The molecule has 6 N–H and O–H groups in total. The summed E-state index contributed by atoms with van der Waals surface area (Å²) >= 11 is 0. The van der Waals surface area contributed by atoms with E-state index in [1.54, 1.807) is 18.2 Å². The molecule has 0 bridgehead atoms. The zero-order valence-electron chi connectivity index (χ0n) is 17.8. The molecule has 1 aliphatic rings. The lowest BCUT2D eigenvalue weighted by Crippen LogP contribution is -2.36. The Kier molecular flexibility index (Phi) is 6.58. The number of benzene rings is 3. The molecular weight excluding hydrogens is 422 g/mol. The summed E-state index contributed by atoms with van der Waals surface area (Å²) in [6.45, 7) is -0.0648. The van der Waals surface area contributed by atoms with Crippen molar-refractivity contribution in [2.24, 2.45) is 5.73 Å². The number of ether oxygens (including phenoxy) is 1. The van der Waals surface area contributed by atoms with Crippen LogP contribution in [0, 0.1) is 0 Å². The van der Waals surface area contributed by atoms with Crippen LogP contribution in [0.3, 0.4) is 0 Å². The first-order valence-corrected chi connectivity index (χ1v) is 10.6. The van der Waals surface area contributed by atoms with Crippen molar-refractivity contribution in [1.82, 2.24) is 5.32 Å². The third-order valence-electron chi connectivity index (χ3n) is 5.66. The number of aliphatic hydroxyl groups is 2. The summed E-state index contributed by atoms with van der Waals surface area (Å²) < 4.78 is 5.43. The van der Waals surface area contributed by atoms with Gasteiger partial charge in [-0.15, -0.1) is 0 Å². The molecule has 0 aromatic heterocycles. The van der Waals surface area contributed by atoms with Crippen molar-refractivity contribution in [3.63, 3.8) is 0 Å². The summed E-state index contributed by atoms with van der Waals surface area (Å²) in [7, 11) is 0. The van der Waals surface area contributed by atoms with Crippen LogP contribution in [0.1, 0.15) is 28.7 Å². The maximum atomic E-state index is 12.3. The summed E-state index contributed by atoms with van der Waals surface area (Å²) in [5.41, 5.74) is 10.3. The van der Waals surface area contributed by atoms with E-state index >= 15 is 0 Å². The minimum absolute atomic E-state index is 0.0702. The molecule has 3 amide bonds. The number of primary amides is 1. The molecule has 8 nitrogen and oxygen atoms in total. The Morgan fingerprint density at radius 2 is 1.58 bits per heavy atom. The van der Waals surface area contributed by atoms with E-state index in [0.717, 1.165) is 22.3 Å². The van der Waals surface area contributed by atoms with Crippen LogP contribution < -0.4 is 16.4 Å². The van der Waals surface area contributed by atoms with Crippen LogP contribution in [-0.2, 0) is 4.74 Å². The van der Waals surface area contributed by atoms with Crippen molar-refractivity contribution < 1.29 is 24.5 Å². The molecule has 4 rings (SSSR count). The molecule has 1 aliphatic carbocycles. The Bertz CT molecular complexity index is 1120. The number of carbonyl (C=O) groups is 2. The predicted molar refractivity (Wildman–Crippen MR) is 124 cm³/mol. The zero-order valence-corrected chi connectivity index (χ0v) is 17.8. The van der Waals surface area contributed by atoms with Gasteiger partial charge in [0.2, 0.25) is 0 Å². The van der Waals surface area contributed by atoms with Crippen molar-refractivity contribution in [1.29, 1.82) is 0 Å². The molecule has 0 saturated heterocycles. The SMILES string of the molecule is NC(=O)Nc1cccc(C(O)C(O)CNC(=O)OCC2c3ccccc3-c3ccccc32)c1. The number of amides is 3. The molecular formula is C25H25N3O5. The number of hydrogen-bond acceptors (Lipinski definition) is 5. The summed E-state index contributed by atoms with van der Waals surface area (Å²) in [5.74, 6) is -0.0702. The van der Waals surface area contributed by atoms with Gasteiger partial charge in [-0.2, -0.15) is 0 Å². The van der Waals surface area contributed by atoms with Crippen LogP contribution in [0.2, 0.25) is 0 Å². The normalized spacial score (nSPS) is 14.0. The fourth-order valence-corrected chi connectivity index (χ4v) is 4.11. The second kappa shape index (κ2) is 9.72. The van der Waals surface area contributed by atoms with Crippen LogP contribution >= 0.6 is 0 Å². The Morgan fingerprint density at radius 3 is 2.21 bits per heavy atom. The zero-order chi connectivity index (χ0) is 23.4. The third kappa shape index (κ3) is 4.97. The average Bonchev–Trinajstić information content (AvgIpc) is 3.14. The quantitative estimate of drug-likeness (QED) is 0.379. The number of alkyl carbamates (subject to hydrolysis) is 1. The molecule has 8 heteroatoms. The van der Waals surface area contributed by atoms with Gasteiger partial charge in [0, 0.05) is 18.2 Å². The van der Waals surface area contributed by atoms with Crippen LogP contribution in [0.15, 0.2) is 72.8 Å². The second-order valence-corrected chi connectivity index (χ2v) is 7.83. The number of aliphatic hydroxyl groups excluding tert-OH is 2. The van der Waals surface area contributed by atoms with E-state index in [2.05, 4.69) is 22.8 Å². The number of urea groups is 1. The highest BCUT2D eigenvalue weighted by atomic mass is 16.5. The number of rotatable bonds is 7. The summed E-state index contributed by atoms with van der Waals surface area (Å²) in [6.07, 6.45) is -3.25. The van der Waals surface area contributed by atoms with Crippen molar-refractivity contribution >= 4 is 17.8 Å². The molecule has 0 heterocycles. The van der Waals surface area contributed by atoms with E-state index in [9.17, 15) is 19.8 Å². The number of carbonyl (C=O) groups excluding carboxylic acids is 2. The van der Waals surface area contributed by atoms with Crippen LogP contribution in [0.4, 0.5) is 15.3 Å². The average molecular weight is 447 g/mol. The van der Waals surface area contributed by atoms with Crippen molar-refractivity contribution in [2.75, 3.05) is 18.5 Å². The monoisotopic (exact) mass is 447 g/mol. The third-order valence-corrected chi connectivity index (χ3v) is 5.66. The number of hydrogen-bond donors (Lipinski definition) is 5. The molecule has 0 radical (unpaired) electrons. The minimum atomic E-state index is -1.28. The minimum Gasteiger partial charge on any atom is -0.449 e. The molecule has 2 atom stereocenters. The van der Waals surface area contributed by atoms with Crippen molar-refractivity contribution in [2.45, 2.75) is 18.1 Å². The molecule has 0 fully saturated rings.